The first-order valence-electron chi connectivity index (χ1n) is 2.90. The number of thioether (sulfide) groups is 1. The van der Waals surface area contributed by atoms with Crippen LogP contribution in [0.25, 0.3) is 0 Å². The molecule has 0 radical (unpaired) electrons. The first-order valence-corrected chi connectivity index (χ1v) is 4.05. The third-order valence-electron chi connectivity index (χ3n) is 1.33. The first kappa shape index (κ1) is 7.12. The van der Waals surface area contributed by atoms with Gasteiger partial charge in [-0.25, -0.2) is 0 Å². The molecule has 52 valence electrons. The lowest BCUT2D eigenvalue weighted by Crippen LogP contribution is -2.06. The minimum absolute atomic E-state index is 0.0486. The molecule has 0 bridgehead atoms. The van der Waals surface area contributed by atoms with Gasteiger partial charge in [0.05, 0.1) is 12.7 Å². The average molecular weight is 146 g/mol. The standard InChI is InChI=1S/C6H10O2S/c7-2-1-5-3-9-4-6(5)8/h1,6-8H,2-4H2/b5-1+/t6-/m0/s1. The zero-order chi connectivity index (χ0) is 6.69. The van der Waals surface area contributed by atoms with E-state index in [1.54, 1.807) is 17.8 Å². The normalized spacial score (nSPS) is 31.8. The molecule has 2 nitrogen and oxygen atoms in total. The number of hydrogen-bond donors (Lipinski definition) is 2. The topological polar surface area (TPSA) is 40.5 Å². The zero-order valence-electron chi connectivity index (χ0n) is 5.08. The van der Waals surface area contributed by atoms with E-state index in [-0.39, 0.29) is 12.7 Å². The van der Waals surface area contributed by atoms with E-state index < -0.39 is 0 Å². The van der Waals surface area contributed by atoms with Gasteiger partial charge in [0, 0.05) is 11.5 Å². The SMILES string of the molecule is OC/C=C1\CSC[C@@H]1O. The van der Waals surface area contributed by atoms with Crippen molar-refractivity contribution < 1.29 is 10.2 Å². The van der Waals surface area contributed by atoms with Gasteiger partial charge in [0.15, 0.2) is 0 Å². The van der Waals surface area contributed by atoms with Gasteiger partial charge in [-0.15, -0.1) is 0 Å². The molecular weight excluding hydrogens is 136 g/mol. The van der Waals surface area contributed by atoms with Crippen LogP contribution in [0.4, 0.5) is 0 Å². The summed E-state index contributed by atoms with van der Waals surface area (Å²) < 4.78 is 0. The molecule has 1 fully saturated rings. The molecule has 1 heterocycles. The highest BCUT2D eigenvalue weighted by atomic mass is 32.2. The van der Waals surface area contributed by atoms with Crippen LogP contribution in [0, 0.1) is 0 Å². The van der Waals surface area contributed by atoms with Gasteiger partial charge < -0.3 is 10.2 Å². The minimum atomic E-state index is -0.304. The summed E-state index contributed by atoms with van der Waals surface area (Å²) in [5.74, 6) is 1.66. The number of aliphatic hydroxyl groups excluding tert-OH is 2. The maximum atomic E-state index is 9.12. The van der Waals surface area contributed by atoms with E-state index in [2.05, 4.69) is 0 Å². The van der Waals surface area contributed by atoms with Gasteiger partial charge in [0.2, 0.25) is 0 Å². The Bertz CT molecular complexity index is 122. The summed E-state index contributed by atoms with van der Waals surface area (Å²) in [4.78, 5) is 0. The maximum absolute atomic E-state index is 9.12. The lowest BCUT2D eigenvalue weighted by Gasteiger charge is -1.99. The Morgan fingerprint density at radius 3 is 3.00 bits per heavy atom. The van der Waals surface area contributed by atoms with Crippen molar-refractivity contribution in [2.24, 2.45) is 0 Å². The Morgan fingerprint density at radius 1 is 1.78 bits per heavy atom. The van der Waals surface area contributed by atoms with Crippen LogP contribution in [0.5, 0.6) is 0 Å². The summed E-state index contributed by atoms with van der Waals surface area (Å²) in [5, 5.41) is 17.6. The Morgan fingerprint density at radius 2 is 2.56 bits per heavy atom. The fourth-order valence-electron chi connectivity index (χ4n) is 0.804. The van der Waals surface area contributed by atoms with E-state index in [0.29, 0.717) is 0 Å². The van der Waals surface area contributed by atoms with Crippen LogP contribution >= 0.6 is 11.8 Å². The van der Waals surface area contributed by atoms with Gasteiger partial charge in [-0.05, 0) is 5.57 Å². The van der Waals surface area contributed by atoms with Gasteiger partial charge in [0.1, 0.15) is 0 Å². The van der Waals surface area contributed by atoms with Gasteiger partial charge >= 0.3 is 0 Å². The third kappa shape index (κ3) is 1.71. The molecule has 0 amide bonds. The van der Waals surface area contributed by atoms with Crippen molar-refractivity contribution >= 4 is 11.8 Å². The monoisotopic (exact) mass is 146 g/mol. The van der Waals surface area contributed by atoms with Crippen molar-refractivity contribution in [2.45, 2.75) is 6.10 Å². The molecule has 0 aromatic rings. The molecule has 1 aliphatic heterocycles. The van der Waals surface area contributed by atoms with Crippen molar-refractivity contribution in [1.82, 2.24) is 0 Å². The third-order valence-corrected chi connectivity index (χ3v) is 2.41. The van der Waals surface area contributed by atoms with Crippen LogP contribution in [0.3, 0.4) is 0 Å². The van der Waals surface area contributed by atoms with Crippen molar-refractivity contribution in [3.8, 4) is 0 Å². The molecule has 1 aliphatic rings. The fourth-order valence-corrected chi connectivity index (χ4v) is 1.90. The highest BCUT2D eigenvalue weighted by molar-refractivity contribution is 7.99. The second-order valence-corrected chi connectivity index (χ2v) is 3.02. The summed E-state index contributed by atoms with van der Waals surface area (Å²) >= 11 is 1.70. The summed E-state index contributed by atoms with van der Waals surface area (Å²) in [7, 11) is 0. The van der Waals surface area contributed by atoms with E-state index in [4.69, 9.17) is 10.2 Å². The second kappa shape index (κ2) is 3.25. The van der Waals surface area contributed by atoms with Crippen LogP contribution in [0.2, 0.25) is 0 Å². The quantitative estimate of drug-likeness (QED) is 0.512. The van der Waals surface area contributed by atoms with Crippen molar-refractivity contribution in [2.75, 3.05) is 18.1 Å². The molecule has 2 N–H and O–H groups in total. The lowest BCUT2D eigenvalue weighted by molar-refractivity contribution is 0.238. The van der Waals surface area contributed by atoms with E-state index in [0.717, 1.165) is 17.1 Å². The van der Waals surface area contributed by atoms with Crippen LogP contribution in [-0.2, 0) is 0 Å². The molecule has 0 aliphatic carbocycles. The molecule has 1 atom stereocenters. The summed E-state index contributed by atoms with van der Waals surface area (Å²) in [5.41, 5.74) is 0.975. The summed E-state index contributed by atoms with van der Waals surface area (Å²) in [6.45, 7) is 0.0486. The lowest BCUT2D eigenvalue weighted by atomic mass is 10.2. The fraction of sp³-hybridized carbons (Fsp3) is 0.667. The Labute approximate surface area is 58.6 Å². The summed E-state index contributed by atoms with van der Waals surface area (Å²) in [6, 6.07) is 0. The average Bonchev–Trinajstić information content (AvgIpc) is 2.18. The van der Waals surface area contributed by atoms with Crippen molar-refractivity contribution in [1.29, 1.82) is 0 Å². The zero-order valence-corrected chi connectivity index (χ0v) is 5.90. The van der Waals surface area contributed by atoms with Gasteiger partial charge in [-0.1, -0.05) is 6.08 Å². The molecule has 0 saturated carbocycles. The van der Waals surface area contributed by atoms with E-state index in [9.17, 15) is 0 Å². The number of rotatable bonds is 1. The molecule has 1 rings (SSSR count). The van der Waals surface area contributed by atoms with Crippen LogP contribution in [-0.4, -0.2) is 34.4 Å². The van der Waals surface area contributed by atoms with Gasteiger partial charge in [0.25, 0.3) is 0 Å². The van der Waals surface area contributed by atoms with E-state index in [1.807, 2.05) is 0 Å². The van der Waals surface area contributed by atoms with Crippen LogP contribution in [0.15, 0.2) is 11.6 Å². The highest BCUT2D eigenvalue weighted by Gasteiger charge is 2.17. The largest absolute Gasteiger partial charge is 0.392 e. The Balaban J connectivity index is 2.48. The van der Waals surface area contributed by atoms with E-state index >= 15 is 0 Å². The van der Waals surface area contributed by atoms with E-state index in [1.165, 1.54) is 0 Å². The second-order valence-electron chi connectivity index (χ2n) is 1.99. The minimum Gasteiger partial charge on any atom is -0.392 e. The molecule has 9 heavy (non-hydrogen) atoms. The molecule has 0 aromatic heterocycles. The molecule has 0 spiro atoms. The van der Waals surface area contributed by atoms with Crippen LogP contribution < -0.4 is 0 Å². The van der Waals surface area contributed by atoms with Gasteiger partial charge in [-0.3, -0.25) is 0 Å². The molecule has 0 aromatic carbocycles. The number of hydrogen-bond acceptors (Lipinski definition) is 3. The maximum Gasteiger partial charge on any atom is 0.0849 e. The Hall–Kier alpha value is 0.01000. The van der Waals surface area contributed by atoms with Gasteiger partial charge in [-0.2, -0.15) is 11.8 Å². The molecule has 3 heteroatoms. The van der Waals surface area contributed by atoms with Crippen molar-refractivity contribution in [3.63, 3.8) is 0 Å². The highest BCUT2D eigenvalue weighted by Crippen LogP contribution is 2.22. The predicted octanol–water partition coefficient (Wildman–Crippen LogP) is 0.0128. The number of aliphatic hydroxyl groups is 2. The van der Waals surface area contributed by atoms with Crippen LogP contribution in [0.1, 0.15) is 0 Å². The first-order chi connectivity index (χ1) is 4.34. The predicted molar refractivity (Wildman–Crippen MR) is 38.5 cm³/mol. The molecule has 1 saturated heterocycles. The smallest absolute Gasteiger partial charge is 0.0849 e. The Kier molecular flexibility index (Phi) is 2.57. The summed E-state index contributed by atoms with van der Waals surface area (Å²) in [6.07, 6.45) is 1.38. The molecular formula is C6H10O2S. The van der Waals surface area contributed by atoms with Crippen molar-refractivity contribution in [3.05, 3.63) is 11.6 Å². The molecule has 0 unspecified atom stereocenters.